The fourth-order valence-electron chi connectivity index (χ4n) is 1.94. The first kappa shape index (κ1) is 14.0. The van der Waals surface area contributed by atoms with E-state index >= 15 is 0 Å². The summed E-state index contributed by atoms with van der Waals surface area (Å²) in [6, 6.07) is 11.8. The molecule has 0 radical (unpaired) electrons. The molecule has 5 nitrogen and oxygen atoms in total. The van der Waals surface area contributed by atoms with Crippen LogP contribution in [0.5, 0.6) is 0 Å². The molecule has 0 aliphatic carbocycles. The highest BCUT2D eigenvalue weighted by molar-refractivity contribution is 7.92. The Balaban J connectivity index is 1.90. The monoisotopic (exact) mass is 319 g/mol. The lowest BCUT2D eigenvalue weighted by Gasteiger charge is -2.08. The average Bonchev–Trinajstić information content (AvgIpc) is 2.94. The molecule has 3 aromatic rings. The van der Waals surface area contributed by atoms with Crippen LogP contribution >= 0.6 is 11.3 Å². The lowest BCUT2D eigenvalue weighted by Crippen LogP contribution is -2.13. The van der Waals surface area contributed by atoms with Crippen LogP contribution in [0.4, 0.5) is 5.69 Å². The van der Waals surface area contributed by atoms with Gasteiger partial charge in [0.05, 0.1) is 26.3 Å². The van der Waals surface area contributed by atoms with Gasteiger partial charge in [-0.3, -0.25) is 4.72 Å². The van der Waals surface area contributed by atoms with Crippen LogP contribution in [-0.4, -0.2) is 13.4 Å². The Morgan fingerprint density at radius 3 is 2.62 bits per heavy atom. The van der Waals surface area contributed by atoms with Gasteiger partial charge in [0.15, 0.2) is 0 Å². The molecule has 0 atom stereocenters. The third-order valence-corrected chi connectivity index (χ3v) is 5.24. The van der Waals surface area contributed by atoms with Crippen LogP contribution in [0.1, 0.15) is 5.56 Å². The Morgan fingerprint density at radius 2 is 1.90 bits per heavy atom. The summed E-state index contributed by atoms with van der Waals surface area (Å²) in [4.78, 5) is 4.38. The SMILES string of the molecule is NCc1ccc(S(=O)(=O)Nc2ccc3ncsc3c2)cc1. The lowest BCUT2D eigenvalue weighted by molar-refractivity contribution is 0.601. The van der Waals surface area contributed by atoms with Crippen molar-refractivity contribution >= 4 is 37.3 Å². The summed E-state index contributed by atoms with van der Waals surface area (Å²) in [7, 11) is -3.60. The van der Waals surface area contributed by atoms with Crippen molar-refractivity contribution in [3.05, 3.63) is 53.5 Å². The molecule has 1 heterocycles. The molecule has 1 aromatic heterocycles. The van der Waals surface area contributed by atoms with Crippen LogP contribution in [0, 0.1) is 0 Å². The number of fused-ring (bicyclic) bond motifs is 1. The van der Waals surface area contributed by atoms with Crippen LogP contribution in [0.3, 0.4) is 0 Å². The van der Waals surface area contributed by atoms with Gasteiger partial charge in [-0.15, -0.1) is 11.3 Å². The molecular weight excluding hydrogens is 306 g/mol. The van der Waals surface area contributed by atoms with Gasteiger partial charge in [0.25, 0.3) is 10.0 Å². The Hall–Kier alpha value is -1.96. The molecule has 0 spiro atoms. The van der Waals surface area contributed by atoms with Crippen molar-refractivity contribution in [2.24, 2.45) is 5.73 Å². The van der Waals surface area contributed by atoms with Crippen LogP contribution in [0.25, 0.3) is 10.2 Å². The summed E-state index contributed by atoms with van der Waals surface area (Å²) in [6.45, 7) is 0.385. The minimum atomic E-state index is -3.60. The number of thiazole rings is 1. The van der Waals surface area contributed by atoms with Crippen molar-refractivity contribution in [2.45, 2.75) is 11.4 Å². The largest absolute Gasteiger partial charge is 0.326 e. The normalized spacial score (nSPS) is 11.7. The highest BCUT2D eigenvalue weighted by atomic mass is 32.2. The molecule has 2 aromatic carbocycles. The average molecular weight is 319 g/mol. The first-order valence-corrected chi connectivity index (χ1v) is 8.60. The fraction of sp³-hybridized carbons (Fsp3) is 0.0714. The van der Waals surface area contributed by atoms with E-state index in [1.807, 2.05) is 0 Å². The van der Waals surface area contributed by atoms with E-state index in [4.69, 9.17) is 5.73 Å². The predicted octanol–water partition coefficient (Wildman–Crippen LogP) is 2.56. The van der Waals surface area contributed by atoms with Crippen molar-refractivity contribution in [1.82, 2.24) is 4.98 Å². The molecule has 0 saturated carbocycles. The molecular formula is C14H13N3O2S2. The van der Waals surface area contributed by atoms with E-state index in [2.05, 4.69) is 9.71 Å². The third-order valence-electron chi connectivity index (χ3n) is 3.05. The maximum absolute atomic E-state index is 12.3. The van der Waals surface area contributed by atoms with Gasteiger partial charge < -0.3 is 5.73 Å². The zero-order valence-corrected chi connectivity index (χ0v) is 12.6. The van der Waals surface area contributed by atoms with Gasteiger partial charge in [-0.1, -0.05) is 12.1 Å². The zero-order valence-electron chi connectivity index (χ0n) is 11.0. The molecule has 7 heteroatoms. The molecule has 21 heavy (non-hydrogen) atoms. The third kappa shape index (κ3) is 2.90. The van der Waals surface area contributed by atoms with Crippen molar-refractivity contribution in [1.29, 1.82) is 0 Å². The molecule has 108 valence electrons. The van der Waals surface area contributed by atoms with Gasteiger partial charge in [0.2, 0.25) is 0 Å². The summed E-state index contributed by atoms with van der Waals surface area (Å²) >= 11 is 1.47. The van der Waals surface area contributed by atoms with Crippen molar-refractivity contribution in [3.8, 4) is 0 Å². The maximum Gasteiger partial charge on any atom is 0.261 e. The minimum Gasteiger partial charge on any atom is -0.326 e. The number of nitrogens with zero attached hydrogens (tertiary/aromatic N) is 1. The first-order valence-electron chi connectivity index (χ1n) is 6.23. The second kappa shape index (κ2) is 5.44. The van der Waals surface area contributed by atoms with E-state index in [1.54, 1.807) is 48.0 Å². The minimum absolute atomic E-state index is 0.212. The second-order valence-electron chi connectivity index (χ2n) is 4.49. The first-order chi connectivity index (χ1) is 10.1. The van der Waals surface area contributed by atoms with E-state index in [9.17, 15) is 8.42 Å². The van der Waals surface area contributed by atoms with E-state index in [1.165, 1.54) is 11.3 Å². The van der Waals surface area contributed by atoms with Crippen LogP contribution in [0.15, 0.2) is 52.9 Å². The van der Waals surface area contributed by atoms with E-state index in [0.29, 0.717) is 12.2 Å². The number of benzene rings is 2. The highest BCUT2D eigenvalue weighted by Gasteiger charge is 2.14. The van der Waals surface area contributed by atoms with Crippen molar-refractivity contribution < 1.29 is 8.42 Å². The Kier molecular flexibility index (Phi) is 3.62. The number of hydrogen-bond donors (Lipinski definition) is 2. The molecule has 0 bridgehead atoms. The van der Waals surface area contributed by atoms with Crippen molar-refractivity contribution in [2.75, 3.05) is 4.72 Å². The lowest BCUT2D eigenvalue weighted by atomic mass is 10.2. The fourth-order valence-corrected chi connectivity index (χ4v) is 3.70. The molecule has 0 unspecified atom stereocenters. The summed E-state index contributed by atoms with van der Waals surface area (Å²) in [5.41, 5.74) is 9.50. The van der Waals surface area contributed by atoms with Crippen LogP contribution in [0.2, 0.25) is 0 Å². The number of anilines is 1. The van der Waals surface area contributed by atoms with Gasteiger partial charge in [0.1, 0.15) is 0 Å². The molecule has 0 aliphatic rings. The standard InChI is InChI=1S/C14H13N3O2S2/c15-8-10-1-4-12(5-2-10)21(18,19)17-11-3-6-13-14(7-11)20-9-16-13/h1-7,9,17H,8,15H2. The molecule has 3 rings (SSSR count). The Bertz CT molecular complexity index is 871. The van der Waals surface area contributed by atoms with Gasteiger partial charge in [-0.2, -0.15) is 0 Å². The topological polar surface area (TPSA) is 85.1 Å². The van der Waals surface area contributed by atoms with Gasteiger partial charge >= 0.3 is 0 Å². The van der Waals surface area contributed by atoms with E-state index in [0.717, 1.165) is 15.8 Å². The predicted molar refractivity (Wildman–Crippen MR) is 84.8 cm³/mol. The number of nitrogens with one attached hydrogen (secondary N) is 1. The summed E-state index contributed by atoms with van der Waals surface area (Å²) in [5, 5.41) is 0. The number of aromatic nitrogens is 1. The molecule has 0 aliphatic heterocycles. The second-order valence-corrected chi connectivity index (χ2v) is 7.06. The zero-order chi connectivity index (χ0) is 14.9. The van der Waals surface area contributed by atoms with Crippen LogP contribution < -0.4 is 10.5 Å². The summed E-state index contributed by atoms with van der Waals surface area (Å²) in [5.74, 6) is 0. The highest BCUT2D eigenvalue weighted by Crippen LogP contribution is 2.24. The van der Waals surface area contributed by atoms with Gasteiger partial charge in [0, 0.05) is 6.54 Å². The molecule has 0 saturated heterocycles. The van der Waals surface area contributed by atoms with Crippen molar-refractivity contribution in [3.63, 3.8) is 0 Å². The number of nitrogens with two attached hydrogens (primary N) is 1. The van der Waals surface area contributed by atoms with Gasteiger partial charge in [-0.05, 0) is 35.9 Å². The Morgan fingerprint density at radius 1 is 1.14 bits per heavy atom. The van der Waals surface area contributed by atoms with E-state index < -0.39 is 10.0 Å². The van der Waals surface area contributed by atoms with Crippen LogP contribution in [-0.2, 0) is 16.6 Å². The van der Waals surface area contributed by atoms with Gasteiger partial charge in [-0.25, -0.2) is 13.4 Å². The molecule has 0 amide bonds. The number of hydrogen-bond acceptors (Lipinski definition) is 5. The Labute approximate surface area is 126 Å². The van der Waals surface area contributed by atoms with E-state index in [-0.39, 0.29) is 4.90 Å². The molecule has 3 N–H and O–H groups in total. The maximum atomic E-state index is 12.3. The molecule has 0 fully saturated rings. The number of rotatable bonds is 4. The summed E-state index contributed by atoms with van der Waals surface area (Å²) < 4.78 is 28.2. The number of sulfonamides is 1. The quantitative estimate of drug-likeness (QED) is 0.774. The summed E-state index contributed by atoms with van der Waals surface area (Å²) in [6.07, 6.45) is 0. The smallest absolute Gasteiger partial charge is 0.261 e.